The van der Waals surface area contributed by atoms with Crippen molar-refractivity contribution in [2.75, 3.05) is 13.1 Å². The predicted molar refractivity (Wildman–Crippen MR) is 53.3 cm³/mol. The fourth-order valence-electron chi connectivity index (χ4n) is 1.50. The number of carbonyl (C=O) groups is 2. The Morgan fingerprint density at radius 1 is 1.40 bits per heavy atom. The van der Waals surface area contributed by atoms with Crippen LogP contribution >= 0.6 is 0 Å². The Morgan fingerprint density at radius 2 is 2.00 bits per heavy atom. The first kappa shape index (κ1) is 10.2. The molecule has 0 spiro atoms. The summed E-state index contributed by atoms with van der Waals surface area (Å²) in [6.45, 7) is 3.21. The van der Waals surface area contributed by atoms with Gasteiger partial charge in [-0.25, -0.2) is 4.79 Å². The number of hydrogen-bond donors (Lipinski definition) is 3. The highest BCUT2D eigenvalue weighted by atomic mass is 16.4. The second-order valence-corrected chi connectivity index (χ2v) is 4.17. The molecule has 1 aliphatic heterocycles. The maximum absolute atomic E-state index is 11.7. The van der Waals surface area contributed by atoms with Gasteiger partial charge in [-0.05, 0) is 25.3 Å². The average Bonchev–Trinajstić information content (AvgIpc) is 2.82. The van der Waals surface area contributed by atoms with Crippen molar-refractivity contribution < 1.29 is 14.7 Å². The molecule has 3 N–H and O–H groups in total. The maximum Gasteiger partial charge on any atom is 0.329 e. The van der Waals surface area contributed by atoms with Crippen LogP contribution in [-0.2, 0) is 9.59 Å². The highest BCUT2D eigenvalue weighted by Crippen LogP contribution is 2.35. The van der Waals surface area contributed by atoms with Gasteiger partial charge in [0.1, 0.15) is 5.54 Å². The molecular formula is C10H14N2O3. The Balaban J connectivity index is 2.01. The summed E-state index contributed by atoms with van der Waals surface area (Å²) < 4.78 is 0. The molecule has 2 rings (SSSR count). The third kappa shape index (κ3) is 1.74. The van der Waals surface area contributed by atoms with E-state index in [2.05, 4.69) is 10.6 Å². The number of amides is 1. The first-order chi connectivity index (χ1) is 7.05. The summed E-state index contributed by atoms with van der Waals surface area (Å²) in [5, 5.41) is 14.5. The quantitative estimate of drug-likeness (QED) is 0.556. The topological polar surface area (TPSA) is 78.4 Å². The summed E-state index contributed by atoms with van der Waals surface area (Å²) in [5.74, 6) is -1.17. The van der Waals surface area contributed by atoms with E-state index in [1.807, 2.05) is 0 Å². The summed E-state index contributed by atoms with van der Waals surface area (Å²) in [7, 11) is 0. The molecule has 0 aromatic carbocycles. The van der Waals surface area contributed by atoms with Crippen LogP contribution in [0.4, 0.5) is 0 Å². The van der Waals surface area contributed by atoms with Gasteiger partial charge in [-0.15, -0.1) is 0 Å². The number of hydrogen-bond acceptors (Lipinski definition) is 3. The summed E-state index contributed by atoms with van der Waals surface area (Å²) in [6.07, 6.45) is 1.07. The van der Waals surface area contributed by atoms with Crippen LogP contribution in [0.15, 0.2) is 11.1 Å². The highest BCUT2D eigenvalue weighted by molar-refractivity contribution is 5.98. The average molecular weight is 210 g/mol. The van der Waals surface area contributed by atoms with Crippen molar-refractivity contribution in [2.45, 2.75) is 25.3 Å². The van der Waals surface area contributed by atoms with E-state index in [9.17, 15) is 9.59 Å². The highest BCUT2D eigenvalue weighted by Gasteiger charge is 2.51. The van der Waals surface area contributed by atoms with E-state index < -0.39 is 11.5 Å². The molecule has 0 atom stereocenters. The fraction of sp³-hybridized carbons (Fsp3) is 0.600. The zero-order valence-electron chi connectivity index (χ0n) is 8.59. The minimum atomic E-state index is -0.976. The SMILES string of the molecule is CC(C(=O)NC1(C(=O)O)CC1)=C1CNC1. The van der Waals surface area contributed by atoms with Crippen LogP contribution < -0.4 is 10.6 Å². The lowest BCUT2D eigenvalue weighted by atomic mass is 10.0. The van der Waals surface area contributed by atoms with E-state index in [1.54, 1.807) is 6.92 Å². The monoisotopic (exact) mass is 210 g/mol. The van der Waals surface area contributed by atoms with Crippen LogP contribution in [0.5, 0.6) is 0 Å². The normalized spacial score (nSPS) is 21.5. The van der Waals surface area contributed by atoms with E-state index >= 15 is 0 Å². The molecule has 1 aliphatic carbocycles. The van der Waals surface area contributed by atoms with Crippen molar-refractivity contribution in [1.29, 1.82) is 0 Å². The summed E-state index contributed by atoms with van der Waals surface area (Å²) in [6, 6.07) is 0. The zero-order valence-corrected chi connectivity index (χ0v) is 8.59. The minimum absolute atomic E-state index is 0.244. The molecule has 1 amide bonds. The van der Waals surface area contributed by atoms with E-state index in [-0.39, 0.29) is 5.91 Å². The second-order valence-electron chi connectivity index (χ2n) is 4.17. The van der Waals surface area contributed by atoms with Gasteiger partial charge in [0.15, 0.2) is 0 Å². The Bertz CT molecular complexity index is 350. The van der Waals surface area contributed by atoms with Crippen molar-refractivity contribution in [1.82, 2.24) is 10.6 Å². The van der Waals surface area contributed by atoms with E-state index in [4.69, 9.17) is 5.11 Å². The second kappa shape index (κ2) is 3.34. The van der Waals surface area contributed by atoms with Gasteiger partial charge in [-0.3, -0.25) is 4.79 Å². The van der Waals surface area contributed by atoms with Crippen molar-refractivity contribution >= 4 is 11.9 Å². The van der Waals surface area contributed by atoms with Crippen molar-refractivity contribution in [3.63, 3.8) is 0 Å². The molecule has 1 saturated heterocycles. The third-order valence-corrected chi connectivity index (χ3v) is 3.06. The smallest absolute Gasteiger partial charge is 0.329 e. The first-order valence-corrected chi connectivity index (χ1v) is 5.00. The molecule has 15 heavy (non-hydrogen) atoms. The molecular weight excluding hydrogens is 196 g/mol. The lowest BCUT2D eigenvalue weighted by Crippen LogP contribution is -2.45. The van der Waals surface area contributed by atoms with Gasteiger partial charge in [0.2, 0.25) is 5.91 Å². The molecule has 2 aliphatic rings. The molecule has 0 bridgehead atoms. The Hall–Kier alpha value is -1.36. The molecule has 0 aromatic rings. The molecule has 0 radical (unpaired) electrons. The van der Waals surface area contributed by atoms with Gasteiger partial charge in [-0.1, -0.05) is 0 Å². The van der Waals surface area contributed by atoms with E-state index in [1.165, 1.54) is 0 Å². The maximum atomic E-state index is 11.7. The van der Waals surface area contributed by atoms with Gasteiger partial charge >= 0.3 is 5.97 Å². The Morgan fingerprint density at radius 3 is 2.33 bits per heavy atom. The number of carbonyl (C=O) groups excluding carboxylic acids is 1. The lowest BCUT2D eigenvalue weighted by molar-refractivity contribution is -0.142. The molecule has 82 valence electrons. The fourth-order valence-corrected chi connectivity index (χ4v) is 1.50. The van der Waals surface area contributed by atoms with E-state index in [0.29, 0.717) is 18.4 Å². The summed E-state index contributed by atoms with van der Waals surface area (Å²) in [5.41, 5.74) is 0.741. The van der Waals surface area contributed by atoms with Gasteiger partial charge in [0.05, 0.1) is 0 Å². The Labute approximate surface area is 87.5 Å². The van der Waals surface area contributed by atoms with Crippen LogP contribution in [0.3, 0.4) is 0 Å². The van der Waals surface area contributed by atoms with Crippen molar-refractivity contribution in [3.8, 4) is 0 Å². The molecule has 1 heterocycles. The van der Waals surface area contributed by atoms with Crippen LogP contribution in [-0.4, -0.2) is 35.6 Å². The molecule has 5 nitrogen and oxygen atoms in total. The van der Waals surface area contributed by atoms with Crippen LogP contribution in [0.1, 0.15) is 19.8 Å². The van der Waals surface area contributed by atoms with Crippen LogP contribution in [0.2, 0.25) is 0 Å². The summed E-state index contributed by atoms with van der Waals surface area (Å²) in [4.78, 5) is 22.5. The number of nitrogens with one attached hydrogen (secondary N) is 2. The largest absolute Gasteiger partial charge is 0.480 e. The number of carboxylic acid groups (broad SMARTS) is 1. The Kier molecular flexibility index (Phi) is 2.26. The summed E-state index contributed by atoms with van der Waals surface area (Å²) >= 11 is 0. The van der Waals surface area contributed by atoms with Crippen molar-refractivity contribution in [3.05, 3.63) is 11.1 Å². The third-order valence-electron chi connectivity index (χ3n) is 3.06. The molecule has 1 saturated carbocycles. The predicted octanol–water partition coefficient (Wildman–Crippen LogP) is -0.361. The van der Waals surface area contributed by atoms with Crippen LogP contribution in [0, 0.1) is 0 Å². The van der Waals surface area contributed by atoms with Gasteiger partial charge in [0.25, 0.3) is 0 Å². The number of rotatable bonds is 3. The standard InChI is InChI=1S/C10H14N2O3/c1-6(7-4-11-5-7)8(13)12-10(2-3-10)9(14)15/h11H,2-5H2,1H3,(H,12,13)(H,14,15). The van der Waals surface area contributed by atoms with Crippen LogP contribution in [0.25, 0.3) is 0 Å². The molecule has 5 heteroatoms. The van der Waals surface area contributed by atoms with E-state index in [0.717, 1.165) is 18.7 Å². The van der Waals surface area contributed by atoms with Gasteiger partial charge in [-0.2, -0.15) is 0 Å². The van der Waals surface area contributed by atoms with Gasteiger partial charge < -0.3 is 15.7 Å². The molecule has 0 aromatic heterocycles. The number of aliphatic carboxylic acids is 1. The zero-order chi connectivity index (χ0) is 11.1. The minimum Gasteiger partial charge on any atom is -0.480 e. The van der Waals surface area contributed by atoms with Gasteiger partial charge in [0, 0.05) is 18.7 Å². The number of carboxylic acids is 1. The lowest BCUT2D eigenvalue weighted by Gasteiger charge is -2.22. The molecule has 0 unspecified atom stereocenters. The molecule has 2 fully saturated rings. The van der Waals surface area contributed by atoms with Crippen molar-refractivity contribution in [2.24, 2.45) is 0 Å². The first-order valence-electron chi connectivity index (χ1n) is 5.00.